The molecule has 26 heavy (non-hydrogen) atoms. The van der Waals surface area contributed by atoms with E-state index in [0.29, 0.717) is 24.4 Å². The van der Waals surface area contributed by atoms with Crippen molar-refractivity contribution in [3.8, 4) is 5.75 Å². The van der Waals surface area contributed by atoms with Crippen molar-refractivity contribution < 1.29 is 14.3 Å². The van der Waals surface area contributed by atoms with Crippen LogP contribution in [0.25, 0.3) is 0 Å². The van der Waals surface area contributed by atoms with E-state index in [-0.39, 0.29) is 23.7 Å². The first kappa shape index (κ1) is 18.5. The Morgan fingerprint density at radius 2 is 2.00 bits per heavy atom. The summed E-state index contributed by atoms with van der Waals surface area (Å²) in [6.45, 7) is 2.63. The quantitative estimate of drug-likeness (QED) is 0.734. The van der Waals surface area contributed by atoms with E-state index in [0.717, 1.165) is 24.8 Å². The zero-order valence-electron chi connectivity index (χ0n) is 15.6. The molecule has 1 saturated carbocycles. The van der Waals surface area contributed by atoms with Gasteiger partial charge in [-0.2, -0.15) is 0 Å². The van der Waals surface area contributed by atoms with E-state index in [4.69, 9.17) is 4.74 Å². The number of hydrogen-bond acceptors (Lipinski definition) is 3. The van der Waals surface area contributed by atoms with Gasteiger partial charge in [0.15, 0.2) is 0 Å². The summed E-state index contributed by atoms with van der Waals surface area (Å²) >= 11 is 0. The normalized spacial score (nSPS) is 21.5. The van der Waals surface area contributed by atoms with Crippen LogP contribution in [-0.2, 0) is 9.59 Å². The lowest BCUT2D eigenvalue weighted by atomic mass is 9.97. The van der Waals surface area contributed by atoms with Gasteiger partial charge < -0.3 is 15.4 Å². The molecule has 1 aromatic rings. The number of carbonyl (C=O) groups is 2. The van der Waals surface area contributed by atoms with E-state index in [9.17, 15) is 9.59 Å². The molecule has 1 aromatic carbocycles. The summed E-state index contributed by atoms with van der Waals surface area (Å²) in [7, 11) is 1.58. The van der Waals surface area contributed by atoms with Gasteiger partial charge in [0.25, 0.3) is 0 Å². The number of rotatable bonds is 7. The van der Waals surface area contributed by atoms with E-state index in [1.54, 1.807) is 7.11 Å². The monoisotopic (exact) mass is 356 g/mol. The molecular formula is C21H28N2O3. The van der Waals surface area contributed by atoms with Crippen LogP contribution in [0.5, 0.6) is 5.75 Å². The second-order valence-corrected chi connectivity index (χ2v) is 7.29. The third-order valence-corrected chi connectivity index (χ3v) is 5.21. The summed E-state index contributed by atoms with van der Waals surface area (Å²) in [5.74, 6) is 0.0772. The predicted octanol–water partition coefficient (Wildman–Crippen LogP) is 3.58. The summed E-state index contributed by atoms with van der Waals surface area (Å²) in [5.41, 5.74) is 3.16. The first-order valence-electron chi connectivity index (χ1n) is 9.49. The number of nitrogens with one attached hydrogen (secondary N) is 2. The van der Waals surface area contributed by atoms with Crippen molar-refractivity contribution in [1.82, 2.24) is 5.32 Å². The summed E-state index contributed by atoms with van der Waals surface area (Å²) in [6.07, 6.45) is 8.70. The van der Waals surface area contributed by atoms with Crippen molar-refractivity contribution >= 4 is 17.5 Å². The molecule has 0 bridgehead atoms. The van der Waals surface area contributed by atoms with Crippen molar-refractivity contribution in [3.63, 3.8) is 0 Å². The topological polar surface area (TPSA) is 67.4 Å². The first-order chi connectivity index (χ1) is 12.6. The van der Waals surface area contributed by atoms with Gasteiger partial charge in [-0.15, -0.1) is 0 Å². The number of carbonyl (C=O) groups excluding carboxylic acids is 2. The van der Waals surface area contributed by atoms with E-state index in [1.807, 2.05) is 25.1 Å². The van der Waals surface area contributed by atoms with Crippen LogP contribution in [0.4, 0.5) is 5.69 Å². The highest BCUT2D eigenvalue weighted by molar-refractivity contribution is 6.00. The molecule has 3 rings (SSSR count). The zero-order chi connectivity index (χ0) is 18.5. The lowest BCUT2D eigenvalue weighted by Gasteiger charge is -2.13. The van der Waals surface area contributed by atoms with Gasteiger partial charge in [-0.1, -0.05) is 17.7 Å². The van der Waals surface area contributed by atoms with E-state index in [1.165, 1.54) is 18.4 Å². The number of anilines is 1. The highest BCUT2D eigenvalue weighted by Gasteiger charge is 2.48. The molecule has 2 unspecified atom stereocenters. The maximum absolute atomic E-state index is 12.4. The molecule has 2 amide bonds. The van der Waals surface area contributed by atoms with Gasteiger partial charge in [0.2, 0.25) is 11.8 Å². The number of benzene rings is 1. The zero-order valence-corrected chi connectivity index (χ0v) is 15.6. The largest absolute Gasteiger partial charge is 0.495 e. The molecule has 2 N–H and O–H groups in total. The van der Waals surface area contributed by atoms with E-state index < -0.39 is 0 Å². The average Bonchev–Trinajstić information content (AvgIpc) is 3.44. The number of methoxy groups -OCH3 is 1. The maximum atomic E-state index is 12.4. The highest BCUT2D eigenvalue weighted by atomic mass is 16.5. The van der Waals surface area contributed by atoms with Gasteiger partial charge in [-0.25, -0.2) is 0 Å². The minimum absolute atomic E-state index is 0.00207. The van der Waals surface area contributed by atoms with Crippen LogP contribution >= 0.6 is 0 Å². The molecule has 0 spiro atoms. The SMILES string of the molecule is COc1ccc(C)cc1NC(=O)C1CC1C(=O)NCCC1=CCCCC1. The number of amides is 2. The standard InChI is InChI=1S/C21H28N2O3/c1-14-8-9-19(26-2)18(12-14)23-21(25)17-13-16(17)20(24)22-11-10-15-6-4-3-5-7-15/h6,8-9,12,16-17H,3-5,7,10-11,13H2,1-2H3,(H,22,24)(H,23,25). The number of allylic oxidation sites excluding steroid dienone is 1. The minimum atomic E-state index is -0.242. The summed E-state index contributed by atoms with van der Waals surface area (Å²) in [6, 6.07) is 5.65. The third-order valence-electron chi connectivity index (χ3n) is 5.21. The fourth-order valence-corrected chi connectivity index (χ4v) is 3.53. The van der Waals surface area contributed by atoms with Gasteiger partial charge >= 0.3 is 0 Å². The number of aryl methyl sites for hydroxylation is 1. The smallest absolute Gasteiger partial charge is 0.228 e. The molecular weight excluding hydrogens is 328 g/mol. The average molecular weight is 356 g/mol. The Bertz CT molecular complexity index is 711. The van der Waals surface area contributed by atoms with Gasteiger partial charge in [0.05, 0.1) is 24.6 Å². The summed E-state index contributed by atoms with van der Waals surface area (Å²) < 4.78 is 5.29. The Balaban J connectivity index is 1.45. The molecule has 2 atom stereocenters. The fourth-order valence-electron chi connectivity index (χ4n) is 3.53. The van der Waals surface area contributed by atoms with Crippen LogP contribution < -0.4 is 15.4 Å². The molecule has 1 fully saturated rings. The maximum Gasteiger partial charge on any atom is 0.228 e. The fraction of sp³-hybridized carbons (Fsp3) is 0.524. The Hall–Kier alpha value is -2.30. The van der Waals surface area contributed by atoms with Gasteiger partial charge in [-0.05, 0) is 63.1 Å². The molecule has 140 valence electrons. The minimum Gasteiger partial charge on any atom is -0.495 e. The number of ether oxygens (including phenoxy) is 1. The lowest BCUT2D eigenvalue weighted by Crippen LogP contribution is -2.28. The number of hydrogen-bond donors (Lipinski definition) is 2. The van der Waals surface area contributed by atoms with E-state index in [2.05, 4.69) is 16.7 Å². The summed E-state index contributed by atoms with van der Waals surface area (Å²) in [4.78, 5) is 24.7. The van der Waals surface area contributed by atoms with Gasteiger partial charge in [-0.3, -0.25) is 9.59 Å². The molecule has 2 aliphatic carbocycles. The second kappa shape index (κ2) is 8.39. The predicted molar refractivity (Wildman–Crippen MR) is 102 cm³/mol. The van der Waals surface area contributed by atoms with Crippen LogP contribution in [-0.4, -0.2) is 25.5 Å². The Morgan fingerprint density at radius 3 is 2.73 bits per heavy atom. The van der Waals surface area contributed by atoms with Gasteiger partial charge in [0, 0.05) is 6.54 Å². The highest BCUT2D eigenvalue weighted by Crippen LogP contribution is 2.40. The second-order valence-electron chi connectivity index (χ2n) is 7.29. The van der Waals surface area contributed by atoms with Crippen molar-refractivity contribution in [2.75, 3.05) is 19.0 Å². The molecule has 5 heteroatoms. The molecule has 0 radical (unpaired) electrons. The molecule has 0 heterocycles. The van der Waals surface area contributed by atoms with Crippen molar-refractivity contribution in [1.29, 1.82) is 0 Å². The van der Waals surface area contributed by atoms with Crippen LogP contribution in [0.1, 0.15) is 44.1 Å². The third kappa shape index (κ3) is 4.65. The molecule has 5 nitrogen and oxygen atoms in total. The van der Waals surface area contributed by atoms with E-state index >= 15 is 0 Å². The molecule has 0 saturated heterocycles. The molecule has 0 aromatic heterocycles. The van der Waals surface area contributed by atoms with Crippen LogP contribution in [0.3, 0.4) is 0 Å². The van der Waals surface area contributed by atoms with Crippen LogP contribution in [0, 0.1) is 18.8 Å². The summed E-state index contributed by atoms with van der Waals surface area (Å²) in [5, 5.41) is 5.89. The Labute approximate surface area is 155 Å². The van der Waals surface area contributed by atoms with Crippen molar-refractivity contribution in [3.05, 3.63) is 35.4 Å². The molecule has 0 aliphatic heterocycles. The first-order valence-corrected chi connectivity index (χ1v) is 9.49. The lowest BCUT2D eigenvalue weighted by molar-refractivity contribution is -0.125. The Morgan fingerprint density at radius 1 is 1.19 bits per heavy atom. The Kier molecular flexibility index (Phi) is 5.96. The van der Waals surface area contributed by atoms with Crippen LogP contribution in [0.15, 0.2) is 29.8 Å². The van der Waals surface area contributed by atoms with Gasteiger partial charge in [0.1, 0.15) is 5.75 Å². The molecule has 2 aliphatic rings. The van der Waals surface area contributed by atoms with Crippen molar-refractivity contribution in [2.24, 2.45) is 11.8 Å². The van der Waals surface area contributed by atoms with Crippen LogP contribution in [0.2, 0.25) is 0 Å². The van der Waals surface area contributed by atoms with Crippen molar-refractivity contribution in [2.45, 2.75) is 45.4 Å².